The number of fused-ring (bicyclic) bond motifs is 2. The Balaban J connectivity index is 1.12. The standard InChI is InChI=1S/C46H36Si/c1-47(2,45-37(23-31-11-3-5-19-41(31)45)27-35-25-33-17-7-13-29-15-9-21-39(35)43(29)33)46-38(24-32-12-4-6-20-42(32)46)28-36-26-34-18-8-14-30-16-10-22-40(36)44(30)34/h3-22,25-26H,23-24,27-28H2,1-2H3. The summed E-state index contributed by atoms with van der Waals surface area (Å²) >= 11 is 0. The van der Waals surface area contributed by atoms with E-state index in [2.05, 4.69) is 147 Å². The highest BCUT2D eigenvalue weighted by atomic mass is 28.3. The molecule has 0 atom stereocenters. The van der Waals surface area contributed by atoms with Crippen LogP contribution in [0.25, 0.3) is 55.2 Å². The molecule has 4 aliphatic rings. The lowest BCUT2D eigenvalue weighted by molar-refractivity contribution is 1.12. The first-order chi connectivity index (χ1) is 23.0. The average Bonchev–Trinajstić information content (AvgIpc) is 3.84. The summed E-state index contributed by atoms with van der Waals surface area (Å²) in [6.07, 6.45) is 9.08. The normalized spacial score (nSPS) is 16.0. The fourth-order valence-corrected chi connectivity index (χ4v) is 13.8. The molecule has 0 radical (unpaired) electrons. The summed E-state index contributed by atoms with van der Waals surface area (Å²) in [6.45, 7) is 5.30. The van der Waals surface area contributed by atoms with Crippen molar-refractivity contribution in [3.63, 3.8) is 0 Å². The van der Waals surface area contributed by atoms with Crippen molar-refractivity contribution >= 4 is 63.3 Å². The predicted molar refractivity (Wildman–Crippen MR) is 204 cm³/mol. The van der Waals surface area contributed by atoms with Crippen LogP contribution in [-0.2, 0) is 12.8 Å². The molecule has 0 heterocycles. The van der Waals surface area contributed by atoms with Crippen molar-refractivity contribution in [3.05, 3.63) is 177 Å². The van der Waals surface area contributed by atoms with Crippen LogP contribution >= 0.6 is 0 Å². The second-order valence-electron chi connectivity index (χ2n) is 14.4. The molecule has 10 rings (SSSR count). The molecule has 6 aromatic rings. The topological polar surface area (TPSA) is 0 Å². The van der Waals surface area contributed by atoms with E-state index in [-0.39, 0.29) is 0 Å². The van der Waals surface area contributed by atoms with Crippen LogP contribution in [0.5, 0.6) is 0 Å². The van der Waals surface area contributed by atoms with Gasteiger partial charge in [-0.2, -0.15) is 0 Å². The van der Waals surface area contributed by atoms with Gasteiger partial charge in [0, 0.05) is 0 Å². The van der Waals surface area contributed by atoms with Crippen LogP contribution in [0.2, 0.25) is 13.1 Å². The Hall–Kier alpha value is -4.98. The molecule has 0 fully saturated rings. The zero-order chi connectivity index (χ0) is 31.3. The lowest BCUT2D eigenvalue weighted by Crippen LogP contribution is -2.31. The van der Waals surface area contributed by atoms with E-state index in [0.717, 1.165) is 25.7 Å². The maximum atomic E-state index is 2.65. The molecule has 0 spiro atoms. The average molecular weight is 617 g/mol. The van der Waals surface area contributed by atoms with E-state index in [1.165, 1.54) is 77.2 Å². The van der Waals surface area contributed by atoms with Gasteiger partial charge in [0.2, 0.25) is 0 Å². The molecule has 0 bridgehead atoms. The molecule has 0 saturated heterocycles. The highest BCUT2D eigenvalue weighted by Gasteiger charge is 2.42. The van der Waals surface area contributed by atoms with Crippen molar-refractivity contribution in [2.75, 3.05) is 0 Å². The minimum atomic E-state index is -2.19. The van der Waals surface area contributed by atoms with E-state index in [4.69, 9.17) is 0 Å². The summed E-state index contributed by atoms with van der Waals surface area (Å²) in [5.74, 6) is 0. The predicted octanol–water partition coefficient (Wildman–Crippen LogP) is 12.0. The van der Waals surface area contributed by atoms with Crippen LogP contribution in [0.4, 0.5) is 0 Å². The summed E-state index contributed by atoms with van der Waals surface area (Å²) < 4.78 is 0. The van der Waals surface area contributed by atoms with Gasteiger partial charge in [-0.15, -0.1) is 0 Å². The molecule has 0 aromatic heterocycles. The smallest absolute Gasteiger partial charge is 0.0619 e. The van der Waals surface area contributed by atoms with E-state index in [1.54, 1.807) is 21.5 Å². The first kappa shape index (κ1) is 27.2. The maximum absolute atomic E-state index is 2.65. The second-order valence-corrected chi connectivity index (χ2v) is 18.7. The Bertz CT molecular complexity index is 2290. The second kappa shape index (κ2) is 10.0. The highest BCUT2D eigenvalue weighted by molar-refractivity contribution is 7.09. The van der Waals surface area contributed by atoms with Gasteiger partial charge in [0.05, 0.1) is 0 Å². The number of rotatable bonds is 6. The van der Waals surface area contributed by atoms with Crippen molar-refractivity contribution < 1.29 is 0 Å². The molecule has 0 aliphatic heterocycles. The van der Waals surface area contributed by atoms with Gasteiger partial charge in [0.15, 0.2) is 0 Å². The largest absolute Gasteiger partial charge is 0.113 e. The summed E-state index contributed by atoms with van der Waals surface area (Å²) in [5.41, 5.74) is 17.8. The number of hydrogen-bond acceptors (Lipinski definition) is 0. The fraction of sp³-hybridized carbons (Fsp3) is 0.130. The van der Waals surface area contributed by atoms with Crippen molar-refractivity contribution in [1.29, 1.82) is 0 Å². The quantitative estimate of drug-likeness (QED) is 0.163. The van der Waals surface area contributed by atoms with E-state index in [1.807, 2.05) is 0 Å². The first-order valence-corrected chi connectivity index (χ1v) is 20.1. The lowest BCUT2D eigenvalue weighted by Gasteiger charge is -2.31. The van der Waals surface area contributed by atoms with Gasteiger partial charge in [-0.3, -0.25) is 0 Å². The van der Waals surface area contributed by atoms with Crippen molar-refractivity contribution in [3.8, 4) is 0 Å². The van der Waals surface area contributed by atoms with Crippen LogP contribution < -0.4 is 0 Å². The minimum absolute atomic E-state index is 1.01. The van der Waals surface area contributed by atoms with Gasteiger partial charge in [-0.05, 0) is 113 Å². The molecule has 0 amide bonds. The molecule has 0 N–H and O–H groups in total. The summed E-state index contributed by atoms with van der Waals surface area (Å²) in [4.78, 5) is 0. The van der Waals surface area contributed by atoms with Gasteiger partial charge in [-0.1, -0.05) is 158 Å². The van der Waals surface area contributed by atoms with Crippen molar-refractivity contribution in [2.24, 2.45) is 0 Å². The van der Waals surface area contributed by atoms with Crippen molar-refractivity contribution in [2.45, 2.75) is 38.8 Å². The Morgan fingerprint density at radius 2 is 0.851 bits per heavy atom. The van der Waals surface area contributed by atoms with Gasteiger partial charge in [-0.25, -0.2) is 0 Å². The SMILES string of the molecule is C[Si](C)(C1=C(CC2=Cc3cccc4cccc2c34)Cc2ccccc21)C1=C(CC2=Cc3cccc4cccc2c34)Cc2ccccc21. The third-order valence-electron chi connectivity index (χ3n) is 11.4. The fourth-order valence-electron chi connectivity index (χ4n) is 9.64. The Labute approximate surface area is 278 Å². The molecule has 0 unspecified atom stereocenters. The number of hydrogen-bond donors (Lipinski definition) is 0. The number of benzene rings is 6. The Morgan fingerprint density at radius 3 is 1.32 bits per heavy atom. The third-order valence-corrected chi connectivity index (χ3v) is 15.1. The van der Waals surface area contributed by atoms with Gasteiger partial charge in [0.1, 0.15) is 8.07 Å². The first-order valence-electron chi connectivity index (χ1n) is 17.1. The molecular weight excluding hydrogens is 581 g/mol. The molecule has 1 heteroatoms. The van der Waals surface area contributed by atoms with E-state index in [0.29, 0.717) is 0 Å². The number of allylic oxidation sites excluding steroid dienone is 4. The van der Waals surface area contributed by atoms with Crippen molar-refractivity contribution in [1.82, 2.24) is 0 Å². The lowest BCUT2D eigenvalue weighted by atomic mass is 9.97. The molecular formula is C46H36Si. The molecule has 0 saturated carbocycles. The monoisotopic (exact) mass is 616 g/mol. The van der Waals surface area contributed by atoms with Crippen LogP contribution in [0.15, 0.2) is 132 Å². The van der Waals surface area contributed by atoms with E-state index < -0.39 is 8.07 Å². The zero-order valence-corrected chi connectivity index (χ0v) is 28.0. The highest BCUT2D eigenvalue weighted by Crippen LogP contribution is 2.52. The summed E-state index contributed by atoms with van der Waals surface area (Å²) in [6, 6.07) is 45.8. The summed E-state index contributed by atoms with van der Waals surface area (Å²) in [7, 11) is -2.19. The molecule has 4 aliphatic carbocycles. The van der Waals surface area contributed by atoms with Crippen LogP contribution in [0.3, 0.4) is 0 Å². The molecule has 47 heavy (non-hydrogen) atoms. The van der Waals surface area contributed by atoms with Crippen LogP contribution in [0.1, 0.15) is 57.3 Å². The van der Waals surface area contributed by atoms with E-state index in [9.17, 15) is 0 Å². The zero-order valence-electron chi connectivity index (χ0n) is 27.0. The van der Waals surface area contributed by atoms with Crippen LogP contribution in [-0.4, -0.2) is 8.07 Å². The van der Waals surface area contributed by atoms with Gasteiger partial charge < -0.3 is 0 Å². The Morgan fingerprint density at radius 1 is 0.447 bits per heavy atom. The third kappa shape index (κ3) is 4.00. The maximum Gasteiger partial charge on any atom is 0.113 e. The Kier molecular flexibility index (Phi) is 5.78. The molecule has 0 nitrogen and oxygen atoms in total. The summed E-state index contributed by atoms with van der Waals surface area (Å²) in [5, 5.41) is 8.89. The minimum Gasteiger partial charge on any atom is -0.0619 e. The van der Waals surface area contributed by atoms with Gasteiger partial charge >= 0.3 is 0 Å². The van der Waals surface area contributed by atoms with E-state index >= 15 is 0 Å². The molecule has 224 valence electrons. The molecule has 6 aromatic carbocycles. The van der Waals surface area contributed by atoms with Gasteiger partial charge in [0.25, 0.3) is 0 Å². The van der Waals surface area contributed by atoms with Crippen LogP contribution in [0, 0.1) is 0 Å².